The van der Waals surface area contributed by atoms with Gasteiger partial charge in [0.2, 0.25) is 0 Å². The smallest absolute Gasteiger partial charge is 0.354 e. The largest absolute Gasteiger partial charge is 0.477 e. The molecule has 0 saturated carbocycles. The van der Waals surface area contributed by atoms with Gasteiger partial charge in [0.1, 0.15) is 5.69 Å². The molecule has 0 aliphatic carbocycles. The SMILES string of the molecule is O=C(O)c1cc(SCc2ccc(Cl)cc2)ccn1. The molecule has 0 aliphatic rings. The number of hydrogen-bond acceptors (Lipinski definition) is 3. The Morgan fingerprint density at radius 3 is 2.67 bits per heavy atom. The average molecular weight is 280 g/mol. The molecule has 0 atom stereocenters. The summed E-state index contributed by atoms with van der Waals surface area (Å²) in [7, 11) is 0. The van der Waals surface area contributed by atoms with E-state index in [4.69, 9.17) is 16.7 Å². The van der Waals surface area contributed by atoms with E-state index >= 15 is 0 Å². The Bertz CT molecular complexity index is 557. The summed E-state index contributed by atoms with van der Waals surface area (Å²) >= 11 is 7.37. The maximum Gasteiger partial charge on any atom is 0.354 e. The van der Waals surface area contributed by atoms with Gasteiger partial charge in [-0.05, 0) is 29.8 Å². The molecule has 1 aromatic carbocycles. The zero-order valence-electron chi connectivity index (χ0n) is 9.34. The number of aromatic nitrogens is 1. The zero-order chi connectivity index (χ0) is 13.0. The molecule has 0 radical (unpaired) electrons. The number of halogens is 1. The molecular formula is C13H10ClNO2S. The number of carboxylic acids is 1. The second-order valence-electron chi connectivity index (χ2n) is 3.60. The van der Waals surface area contributed by atoms with Crippen LogP contribution in [0.2, 0.25) is 5.02 Å². The van der Waals surface area contributed by atoms with Crippen molar-refractivity contribution in [2.45, 2.75) is 10.6 Å². The second-order valence-corrected chi connectivity index (χ2v) is 5.08. The van der Waals surface area contributed by atoms with E-state index in [-0.39, 0.29) is 5.69 Å². The van der Waals surface area contributed by atoms with Crippen molar-refractivity contribution in [3.05, 3.63) is 58.9 Å². The van der Waals surface area contributed by atoms with Crippen LogP contribution in [0.15, 0.2) is 47.5 Å². The first kappa shape index (κ1) is 12.9. The highest BCUT2D eigenvalue weighted by molar-refractivity contribution is 7.98. The van der Waals surface area contributed by atoms with Crippen LogP contribution >= 0.6 is 23.4 Å². The Morgan fingerprint density at radius 2 is 2.00 bits per heavy atom. The lowest BCUT2D eigenvalue weighted by Gasteiger charge is -2.03. The van der Waals surface area contributed by atoms with E-state index in [0.717, 1.165) is 16.2 Å². The molecule has 3 nitrogen and oxygen atoms in total. The summed E-state index contributed by atoms with van der Waals surface area (Å²) in [6, 6.07) is 11.0. The Morgan fingerprint density at radius 1 is 1.28 bits per heavy atom. The third-order valence-electron chi connectivity index (χ3n) is 2.27. The lowest BCUT2D eigenvalue weighted by atomic mass is 10.2. The molecular weight excluding hydrogens is 270 g/mol. The van der Waals surface area contributed by atoms with Crippen LogP contribution in [0.5, 0.6) is 0 Å². The Balaban J connectivity index is 2.04. The van der Waals surface area contributed by atoms with Gasteiger partial charge in [-0.15, -0.1) is 11.8 Å². The Kier molecular flexibility index (Phi) is 4.23. The van der Waals surface area contributed by atoms with E-state index in [0.29, 0.717) is 5.02 Å². The second kappa shape index (κ2) is 5.89. The number of thioether (sulfide) groups is 1. The first-order chi connectivity index (χ1) is 8.65. The Labute approximate surface area is 114 Å². The highest BCUT2D eigenvalue weighted by atomic mass is 35.5. The van der Waals surface area contributed by atoms with E-state index in [1.165, 1.54) is 6.20 Å². The summed E-state index contributed by atoms with van der Waals surface area (Å²) in [5.41, 5.74) is 1.20. The van der Waals surface area contributed by atoms with Gasteiger partial charge < -0.3 is 5.11 Å². The first-order valence-corrected chi connectivity index (χ1v) is 6.58. The molecule has 1 aromatic heterocycles. The number of nitrogens with zero attached hydrogens (tertiary/aromatic N) is 1. The number of hydrogen-bond donors (Lipinski definition) is 1. The van der Waals surface area contributed by atoms with Crippen LogP contribution < -0.4 is 0 Å². The molecule has 0 aliphatic heterocycles. The fourth-order valence-corrected chi connectivity index (χ4v) is 2.37. The minimum absolute atomic E-state index is 0.0658. The molecule has 0 fully saturated rings. The van der Waals surface area contributed by atoms with Gasteiger partial charge in [0.05, 0.1) is 0 Å². The van der Waals surface area contributed by atoms with Crippen molar-refractivity contribution in [2.75, 3.05) is 0 Å². The highest BCUT2D eigenvalue weighted by Crippen LogP contribution is 2.23. The number of aromatic carboxylic acids is 1. The maximum absolute atomic E-state index is 10.8. The summed E-state index contributed by atoms with van der Waals surface area (Å²) in [6.45, 7) is 0. The van der Waals surface area contributed by atoms with Crippen LogP contribution in [0.3, 0.4) is 0 Å². The molecule has 1 heterocycles. The lowest BCUT2D eigenvalue weighted by molar-refractivity contribution is 0.0690. The molecule has 92 valence electrons. The van der Waals surface area contributed by atoms with Crippen LogP contribution in [0.1, 0.15) is 16.1 Å². The van der Waals surface area contributed by atoms with Crippen LogP contribution in [-0.2, 0) is 5.75 Å². The molecule has 0 amide bonds. The summed E-state index contributed by atoms with van der Waals surface area (Å²) < 4.78 is 0. The monoisotopic (exact) mass is 279 g/mol. The van der Waals surface area contributed by atoms with E-state index in [1.54, 1.807) is 23.9 Å². The number of benzene rings is 1. The number of carboxylic acid groups (broad SMARTS) is 1. The molecule has 5 heteroatoms. The minimum atomic E-state index is -1.01. The molecule has 0 spiro atoms. The number of carbonyl (C=O) groups is 1. The quantitative estimate of drug-likeness (QED) is 0.867. The van der Waals surface area contributed by atoms with E-state index in [2.05, 4.69) is 4.98 Å². The van der Waals surface area contributed by atoms with Gasteiger partial charge in [0.25, 0.3) is 0 Å². The minimum Gasteiger partial charge on any atom is -0.477 e. The van der Waals surface area contributed by atoms with Gasteiger partial charge in [-0.1, -0.05) is 23.7 Å². The molecule has 2 rings (SSSR count). The van der Waals surface area contributed by atoms with Crippen LogP contribution in [0.25, 0.3) is 0 Å². The van der Waals surface area contributed by atoms with E-state index < -0.39 is 5.97 Å². The Hall–Kier alpha value is -1.52. The maximum atomic E-state index is 10.8. The first-order valence-electron chi connectivity index (χ1n) is 5.22. The van der Waals surface area contributed by atoms with Gasteiger partial charge in [-0.25, -0.2) is 9.78 Å². The average Bonchev–Trinajstić information content (AvgIpc) is 2.38. The van der Waals surface area contributed by atoms with E-state index in [9.17, 15) is 4.79 Å². The highest BCUT2D eigenvalue weighted by Gasteiger charge is 2.05. The van der Waals surface area contributed by atoms with Crippen molar-refractivity contribution in [1.82, 2.24) is 4.98 Å². The van der Waals surface area contributed by atoms with Gasteiger partial charge in [-0.3, -0.25) is 0 Å². The van der Waals surface area contributed by atoms with Crippen molar-refractivity contribution in [1.29, 1.82) is 0 Å². The van der Waals surface area contributed by atoms with Crippen LogP contribution in [-0.4, -0.2) is 16.1 Å². The normalized spacial score (nSPS) is 10.3. The van der Waals surface area contributed by atoms with Crippen molar-refractivity contribution >= 4 is 29.3 Å². The van der Waals surface area contributed by atoms with Crippen molar-refractivity contribution in [3.8, 4) is 0 Å². The molecule has 0 unspecified atom stereocenters. The van der Waals surface area contributed by atoms with E-state index in [1.807, 2.05) is 24.3 Å². The molecule has 0 saturated heterocycles. The fourth-order valence-electron chi connectivity index (χ4n) is 1.37. The van der Waals surface area contributed by atoms with Crippen molar-refractivity contribution < 1.29 is 9.90 Å². The summed E-state index contributed by atoms with van der Waals surface area (Å²) in [4.78, 5) is 15.4. The van der Waals surface area contributed by atoms with Gasteiger partial charge in [0, 0.05) is 21.9 Å². The van der Waals surface area contributed by atoms with Crippen LogP contribution in [0, 0.1) is 0 Å². The summed E-state index contributed by atoms with van der Waals surface area (Å²) in [5, 5.41) is 9.55. The van der Waals surface area contributed by atoms with Crippen molar-refractivity contribution in [3.63, 3.8) is 0 Å². The number of pyridine rings is 1. The van der Waals surface area contributed by atoms with Crippen LogP contribution in [0.4, 0.5) is 0 Å². The summed E-state index contributed by atoms with van der Waals surface area (Å²) in [5.74, 6) is -0.246. The molecule has 1 N–H and O–H groups in total. The topological polar surface area (TPSA) is 50.2 Å². The third kappa shape index (κ3) is 3.48. The summed E-state index contributed by atoms with van der Waals surface area (Å²) in [6.07, 6.45) is 1.51. The standard InChI is InChI=1S/C13H10ClNO2S/c14-10-3-1-9(2-4-10)8-18-11-5-6-15-12(7-11)13(16)17/h1-7H,8H2,(H,16,17). The number of rotatable bonds is 4. The van der Waals surface area contributed by atoms with Gasteiger partial charge in [0.15, 0.2) is 0 Å². The van der Waals surface area contributed by atoms with Gasteiger partial charge >= 0.3 is 5.97 Å². The zero-order valence-corrected chi connectivity index (χ0v) is 10.9. The molecule has 2 aromatic rings. The fraction of sp³-hybridized carbons (Fsp3) is 0.0769. The predicted octanol–water partition coefficient (Wildman–Crippen LogP) is 3.73. The van der Waals surface area contributed by atoms with Crippen molar-refractivity contribution in [2.24, 2.45) is 0 Å². The molecule has 0 bridgehead atoms. The predicted molar refractivity (Wildman–Crippen MR) is 72.2 cm³/mol. The van der Waals surface area contributed by atoms with Gasteiger partial charge in [-0.2, -0.15) is 0 Å². The lowest BCUT2D eigenvalue weighted by Crippen LogP contribution is -1.99. The third-order valence-corrected chi connectivity index (χ3v) is 3.59. The molecule has 18 heavy (non-hydrogen) atoms.